The highest BCUT2D eigenvalue weighted by atomic mass is 16.5. The van der Waals surface area contributed by atoms with Crippen molar-refractivity contribution in [3.63, 3.8) is 0 Å². The van der Waals surface area contributed by atoms with Crippen LogP contribution in [0.4, 0.5) is 0 Å². The second-order valence-corrected chi connectivity index (χ2v) is 4.25. The maximum absolute atomic E-state index is 9.03. The van der Waals surface area contributed by atoms with Gasteiger partial charge >= 0.3 is 0 Å². The first-order valence-electron chi connectivity index (χ1n) is 6.48. The number of ether oxygens (including phenoxy) is 1. The van der Waals surface area contributed by atoms with Crippen LogP contribution in [0.15, 0.2) is 9.05 Å². The van der Waals surface area contributed by atoms with Crippen LogP contribution >= 0.6 is 0 Å². The van der Waals surface area contributed by atoms with Crippen molar-refractivity contribution in [1.29, 1.82) is 5.26 Å². The van der Waals surface area contributed by atoms with Crippen molar-refractivity contribution in [3.8, 4) is 6.07 Å². The smallest absolute Gasteiger partial charge is 0.232 e. The van der Waals surface area contributed by atoms with Gasteiger partial charge in [-0.2, -0.15) is 10.2 Å². The van der Waals surface area contributed by atoms with Gasteiger partial charge in [0.15, 0.2) is 5.76 Å². The molecule has 1 unspecified atom stereocenters. The molecule has 7 heteroatoms. The number of nitrogens with zero attached hydrogens (tertiary/aromatic N) is 4. The lowest BCUT2D eigenvalue weighted by Crippen LogP contribution is -2.05. The number of hydrogen-bond acceptors (Lipinski definition) is 7. The van der Waals surface area contributed by atoms with Crippen molar-refractivity contribution in [2.24, 2.45) is 0 Å². The Kier molecular flexibility index (Phi) is 4.48. The van der Waals surface area contributed by atoms with Gasteiger partial charge in [-0.15, -0.1) is 0 Å². The summed E-state index contributed by atoms with van der Waals surface area (Å²) in [5.41, 5.74) is 0.922. The van der Waals surface area contributed by atoms with Gasteiger partial charge in [-0.3, -0.25) is 0 Å². The highest BCUT2D eigenvalue weighted by Crippen LogP contribution is 2.20. The second-order valence-electron chi connectivity index (χ2n) is 4.25. The van der Waals surface area contributed by atoms with E-state index in [0.29, 0.717) is 35.3 Å². The normalized spacial score (nSPS) is 12.3. The predicted octanol–water partition coefficient (Wildman–Crippen LogP) is 2.32. The van der Waals surface area contributed by atoms with E-state index in [2.05, 4.69) is 21.4 Å². The summed E-state index contributed by atoms with van der Waals surface area (Å²) in [4.78, 5) is 4.29. The minimum Gasteiger partial charge on any atom is -0.370 e. The number of nitriles is 1. The third-order valence-corrected chi connectivity index (χ3v) is 2.87. The lowest BCUT2D eigenvalue weighted by molar-refractivity contribution is 0.0518. The van der Waals surface area contributed by atoms with Gasteiger partial charge in [-0.1, -0.05) is 17.2 Å². The Hall–Kier alpha value is -2.20. The van der Waals surface area contributed by atoms with E-state index >= 15 is 0 Å². The van der Waals surface area contributed by atoms with E-state index in [9.17, 15) is 0 Å². The molecule has 7 nitrogen and oxygen atoms in total. The molecule has 0 N–H and O–H groups in total. The van der Waals surface area contributed by atoms with E-state index in [4.69, 9.17) is 19.0 Å². The van der Waals surface area contributed by atoms with Crippen molar-refractivity contribution in [3.05, 3.63) is 28.7 Å². The fourth-order valence-corrected chi connectivity index (χ4v) is 1.87. The molecule has 0 radical (unpaired) electrons. The molecule has 0 bridgehead atoms. The zero-order valence-corrected chi connectivity index (χ0v) is 11.7. The number of rotatable bonds is 6. The third kappa shape index (κ3) is 2.86. The molecule has 20 heavy (non-hydrogen) atoms. The van der Waals surface area contributed by atoms with Crippen molar-refractivity contribution in [1.82, 2.24) is 15.3 Å². The lowest BCUT2D eigenvalue weighted by Gasteiger charge is -2.09. The molecule has 2 heterocycles. The maximum atomic E-state index is 9.03. The first-order chi connectivity index (χ1) is 9.69. The van der Waals surface area contributed by atoms with E-state index in [1.54, 1.807) is 6.92 Å². The molecule has 0 saturated carbocycles. The monoisotopic (exact) mass is 276 g/mol. The average molecular weight is 276 g/mol. The summed E-state index contributed by atoms with van der Waals surface area (Å²) < 4.78 is 15.7. The SMILES string of the molecule is CCOC(CC)c1noc(Cc2noc(C)c2C#N)n1. The third-order valence-electron chi connectivity index (χ3n) is 2.87. The fraction of sp³-hybridized carbons (Fsp3) is 0.538. The molecule has 0 amide bonds. The predicted molar refractivity (Wildman–Crippen MR) is 67.7 cm³/mol. The van der Waals surface area contributed by atoms with Crippen molar-refractivity contribution >= 4 is 0 Å². The highest BCUT2D eigenvalue weighted by molar-refractivity contribution is 5.36. The van der Waals surface area contributed by atoms with Gasteiger partial charge in [0.05, 0.1) is 6.42 Å². The topological polar surface area (TPSA) is 98.0 Å². The van der Waals surface area contributed by atoms with Crippen LogP contribution < -0.4 is 0 Å². The average Bonchev–Trinajstić information content (AvgIpc) is 3.04. The van der Waals surface area contributed by atoms with E-state index in [0.717, 1.165) is 6.42 Å². The first-order valence-corrected chi connectivity index (χ1v) is 6.48. The van der Waals surface area contributed by atoms with Crippen molar-refractivity contribution in [2.75, 3.05) is 6.61 Å². The van der Waals surface area contributed by atoms with Gasteiger partial charge < -0.3 is 13.8 Å². The molecule has 2 aromatic heterocycles. The molecule has 0 aliphatic carbocycles. The summed E-state index contributed by atoms with van der Waals surface area (Å²) in [7, 11) is 0. The lowest BCUT2D eigenvalue weighted by atomic mass is 10.1. The van der Waals surface area contributed by atoms with Crippen LogP contribution in [0.5, 0.6) is 0 Å². The maximum Gasteiger partial charge on any atom is 0.232 e. The standard InChI is InChI=1S/C13H16N4O3/c1-4-11(18-5-2)13-15-12(20-17-13)6-10-9(7-14)8(3)19-16-10/h11H,4-6H2,1-3H3. The van der Waals surface area contributed by atoms with Gasteiger partial charge in [0.25, 0.3) is 0 Å². The molecule has 0 spiro atoms. The van der Waals surface area contributed by atoms with Gasteiger partial charge in [0.2, 0.25) is 11.7 Å². The molecule has 0 fully saturated rings. The van der Waals surface area contributed by atoms with Crippen molar-refractivity contribution < 1.29 is 13.8 Å². The molecule has 0 aromatic carbocycles. The Morgan fingerprint density at radius 2 is 2.10 bits per heavy atom. The zero-order valence-electron chi connectivity index (χ0n) is 11.7. The molecule has 2 aromatic rings. The number of hydrogen-bond donors (Lipinski definition) is 0. The number of aromatic nitrogens is 3. The Morgan fingerprint density at radius 3 is 2.75 bits per heavy atom. The van der Waals surface area contributed by atoms with Gasteiger partial charge in [0.1, 0.15) is 23.4 Å². The second kappa shape index (κ2) is 6.30. The van der Waals surface area contributed by atoms with Crippen molar-refractivity contribution in [2.45, 2.75) is 39.7 Å². The van der Waals surface area contributed by atoms with Gasteiger partial charge in [-0.05, 0) is 20.3 Å². The van der Waals surface area contributed by atoms with E-state index in [1.807, 2.05) is 13.8 Å². The van der Waals surface area contributed by atoms with Crippen LogP contribution in [0, 0.1) is 18.3 Å². The molecule has 1 atom stereocenters. The molecular formula is C13H16N4O3. The summed E-state index contributed by atoms with van der Waals surface area (Å²) >= 11 is 0. The largest absolute Gasteiger partial charge is 0.370 e. The summed E-state index contributed by atoms with van der Waals surface area (Å²) in [6.45, 7) is 6.19. The summed E-state index contributed by atoms with van der Waals surface area (Å²) in [5.74, 6) is 1.40. The van der Waals surface area contributed by atoms with Crippen LogP contribution in [0.25, 0.3) is 0 Å². The quantitative estimate of drug-likeness (QED) is 0.798. The van der Waals surface area contributed by atoms with Gasteiger partial charge in [-0.25, -0.2) is 0 Å². The summed E-state index contributed by atoms with van der Waals surface area (Å²) in [6, 6.07) is 2.05. The van der Waals surface area contributed by atoms with Crippen LogP contribution in [-0.2, 0) is 11.2 Å². The minimum atomic E-state index is -0.174. The van der Waals surface area contributed by atoms with E-state index in [1.165, 1.54) is 0 Å². The minimum absolute atomic E-state index is 0.174. The van der Waals surface area contributed by atoms with E-state index < -0.39 is 0 Å². The fourth-order valence-electron chi connectivity index (χ4n) is 1.87. The molecule has 0 aliphatic heterocycles. The Balaban J connectivity index is 2.15. The van der Waals surface area contributed by atoms with Gasteiger partial charge in [0, 0.05) is 6.61 Å². The number of aryl methyl sites for hydroxylation is 1. The first kappa shape index (κ1) is 14.2. The molecule has 106 valence electrons. The molecule has 0 saturated heterocycles. The van der Waals surface area contributed by atoms with Crippen LogP contribution in [0.1, 0.15) is 55.1 Å². The molecule has 0 aliphatic rings. The summed E-state index contributed by atoms with van der Waals surface area (Å²) in [5, 5.41) is 16.8. The Labute approximate surface area is 116 Å². The molecular weight excluding hydrogens is 260 g/mol. The van der Waals surface area contributed by atoms with Crippen LogP contribution in [-0.4, -0.2) is 21.9 Å². The zero-order chi connectivity index (χ0) is 14.5. The van der Waals surface area contributed by atoms with E-state index in [-0.39, 0.29) is 12.5 Å². The van der Waals surface area contributed by atoms with Crippen LogP contribution in [0.2, 0.25) is 0 Å². The Bertz CT molecular complexity index is 611. The van der Waals surface area contributed by atoms with Crippen LogP contribution in [0.3, 0.4) is 0 Å². The summed E-state index contributed by atoms with van der Waals surface area (Å²) in [6.07, 6.45) is 0.863. The Morgan fingerprint density at radius 1 is 1.30 bits per heavy atom. The molecule has 2 rings (SSSR count). The highest BCUT2D eigenvalue weighted by Gasteiger charge is 2.19.